The smallest absolute Gasteiger partial charge is 0.250 e. The van der Waals surface area contributed by atoms with Gasteiger partial charge in [-0.1, -0.05) is 53.4 Å². The molecule has 3 heterocycles. The van der Waals surface area contributed by atoms with Crippen LogP contribution in [0.5, 0.6) is 5.75 Å². The van der Waals surface area contributed by atoms with Crippen molar-refractivity contribution < 1.29 is 9.53 Å². The molecule has 10 heteroatoms. The first-order chi connectivity index (χ1) is 14.7. The van der Waals surface area contributed by atoms with E-state index in [-0.39, 0.29) is 11.9 Å². The number of fused-ring (bicyclic) bond motifs is 1. The molecule has 1 amide bonds. The van der Waals surface area contributed by atoms with Crippen LogP contribution in [0.15, 0.2) is 52.9 Å². The number of thiazole rings is 1. The quantitative estimate of drug-likeness (QED) is 0.219. The first-order valence-corrected chi connectivity index (χ1v) is 12.1. The molecular formula is C20H15ClN4O2S3. The lowest BCUT2D eigenvalue weighted by Crippen LogP contribution is -2.56. The fourth-order valence-electron chi connectivity index (χ4n) is 3.31. The van der Waals surface area contributed by atoms with Crippen molar-refractivity contribution in [2.24, 2.45) is 0 Å². The van der Waals surface area contributed by atoms with Crippen molar-refractivity contribution in [2.45, 2.75) is 21.5 Å². The number of anilines is 1. The Labute approximate surface area is 189 Å². The van der Waals surface area contributed by atoms with Crippen LogP contribution in [0.2, 0.25) is 0 Å². The zero-order valence-electron chi connectivity index (χ0n) is 15.7. The molecule has 1 aliphatic heterocycles. The van der Waals surface area contributed by atoms with Gasteiger partial charge in [0.15, 0.2) is 4.34 Å². The standard InChI is InChI=1S/C20H15ClN4O2S3/c1-27-13-8-4-2-6-11(13)17-16(21)18(26)25(17)19-24-23-15(30-19)10-28-20-22-12-7-3-5-9-14(12)29-20/h2-9,16-17H,10H2,1H3. The molecular weight excluding hydrogens is 460 g/mol. The molecule has 1 aliphatic rings. The predicted octanol–water partition coefficient (Wildman–Crippen LogP) is 5.14. The van der Waals surface area contributed by atoms with Gasteiger partial charge in [-0.15, -0.1) is 33.1 Å². The van der Waals surface area contributed by atoms with Crippen molar-refractivity contribution >= 4 is 67.3 Å². The van der Waals surface area contributed by atoms with E-state index in [9.17, 15) is 4.79 Å². The summed E-state index contributed by atoms with van der Waals surface area (Å²) in [5.41, 5.74) is 1.86. The van der Waals surface area contributed by atoms with Gasteiger partial charge in [0.25, 0.3) is 0 Å². The molecule has 0 aliphatic carbocycles. The largest absolute Gasteiger partial charge is 0.496 e. The van der Waals surface area contributed by atoms with Crippen LogP contribution >= 0.6 is 46.0 Å². The number of para-hydroxylation sites is 2. The first-order valence-electron chi connectivity index (χ1n) is 9.06. The summed E-state index contributed by atoms with van der Waals surface area (Å²) >= 11 is 11.0. The Kier molecular flexibility index (Phi) is 5.36. The number of carbonyl (C=O) groups is 1. The van der Waals surface area contributed by atoms with Gasteiger partial charge in [-0.3, -0.25) is 9.69 Å². The number of benzene rings is 2. The number of amides is 1. The van der Waals surface area contributed by atoms with Crippen molar-refractivity contribution in [2.75, 3.05) is 12.0 Å². The van der Waals surface area contributed by atoms with Gasteiger partial charge < -0.3 is 4.74 Å². The number of methoxy groups -OCH3 is 1. The van der Waals surface area contributed by atoms with Crippen molar-refractivity contribution in [1.82, 2.24) is 15.2 Å². The van der Waals surface area contributed by atoms with Crippen molar-refractivity contribution in [3.63, 3.8) is 0 Å². The maximum Gasteiger partial charge on any atom is 0.250 e. The van der Waals surface area contributed by atoms with E-state index in [0.29, 0.717) is 16.6 Å². The predicted molar refractivity (Wildman–Crippen MR) is 122 cm³/mol. The van der Waals surface area contributed by atoms with Gasteiger partial charge in [0, 0.05) is 5.56 Å². The normalized spacial score (nSPS) is 18.6. The van der Waals surface area contributed by atoms with Crippen LogP contribution in [0.3, 0.4) is 0 Å². The van der Waals surface area contributed by atoms with E-state index in [1.54, 1.807) is 35.1 Å². The molecule has 2 atom stereocenters. The molecule has 2 aromatic heterocycles. The zero-order valence-corrected chi connectivity index (χ0v) is 18.9. The van der Waals surface area contributed by atoms with Crippen LogP contribution in [0, 0.1) is 0 Å². The summed E-state index contributed by atoms with van der Waals surface area (Å²) in [6.45, 7) is 0. The average molecular weight is 475 g/mol. The fraction of sp³-hybridized carbons (Fsp3) is 0.200. The SMILES string of the molecule is COc1ccccc1C1C(Cl)C(=O)N1c1nnc(CSc2nc3ccccc3s2)s1. The number of carbonyl (C=O) groups excluding carboxylic acids is 1. The molecule has 5 rings (SSSR count). The number of aromatic nitrogens is 3. The Morgan fingerprint density at radius 1 is 1.13 bits per heavy atom. The van der Waals surface area contributed by atoms with Gasteiger partial charge in [0.1, 0.15) is 16.1 Å². The van der Waals surface area contributed by atoms with E-state index in [1.165, 1.54) is 11.3 Å². The lowest BCUT2D eigenvalue weighted by atomic mass is 9.93. The molecule has 2 aromatic carbocycles. The summed E-state index contributed by atoms with van der Waals surface area (Å²) in [5.74, 6) is 1.17. The number of hydrogen-bond donors (Lipinski definition) is 0. The molecule has 0 radical (unpaired) electrons. The topological polar surface area (TPSA) is 68.2 Å². The maximum absolute atomic E-state index is 12.5. The van der Waals surface area contributed by atoms with E-state index < -0.39 is 5.38 Å². The molecule has 30 heavy (non-hydrogen) atoms. The Balaban J connectivity index is 1.34. The molecule has 0 N–H and O–H groups in total. The minimum atomic E-state index is -0.647. The summed E-state index contributed by atoms with van der Waals surface area (Å²) in [6, 6.07) is 15.3. The number of thioether (sulfide) groups is 1. The second-order valence-electron chi connectivity index (χ2n) is 6.51. The highest BCUT2D eigenvalue weighted by molar-refractivity contribution is 8.00. The summed E-state index contributed by atoms with van der Waals surface area (Å²) < 4.78 is 7.60. The molecule has 1 saturated heterocycles. The van der Waals surface area contributed by atoms with Crippen LogP contribution in [0.25, 0.3) is 10.2 Å². The maximum atomic E-state index is 12.5. The van der Waals surface area contributed by atoms with Gasteiger partial charge in [-0.2, -0.15) is 0 Å². The second-order valence-corrected chi connectivity index (χ2v) is 10.3. The lowest BCUT2D eigenvalue weighted by Gasteiger charge is -2.42. The van der Waals surface area contributed by atoms with Crippen LogP contribution in [0.1, 0.15) is 16.6 Å². The number of alkyl halides is 1. The fourth-order valence-corrected chi connectivity index (χ4v) is 6.60. The summed E-state index contributed by atoms with van der Waals surface area (Å²) in [7, 11) is 1.61. The van der Waals surface area contributed by atoms with Crippen LogP contribution in [-0.4, -0.2) is 33.6 Å². The van der Waals surface area contributed by atoms with Gasteiger partial charge in [0.2, 0.25) is 11.0 Å². The number of nitrogens with zero attached hydrogens (tertiary/aromatic N) is 4. The molecule has 4 aromatic rings. The second kappa shape index (κ2) is 8.14. The third-order valence-electron chi connectivity index (χ3n) is 4.74. The Morgan fingerprint density at radius 2 is 1.93 bits per heavy atom. The monoisotopic (exact) mass is 474 g/mol. The Hall–Kier alpha value is -2.20. The summed E-state index contributed by atoms with van der Waals surface area (Å²) in [5, 5.41) is 9.26. The van der Waals surface area contributed by atoms with Crippen molar-refractivity contribution in [3.8, 4) is 5.75 Å². The number of ether oxygens (including phenoxy) is 1. The molecule has 0 bridgehead atoms. The third kappa shape index (κ3) is 3.45. The zero-order chi connectivity index (χ0) is 20.7. The first kappa shape index (κ1) is 19.7. The average Bonchev–Trinajstić information content (AvgIpc) is 3.41. The molecule has 1 fully saturated rings. The van der Waals surface area contributed by atoms with Crippen molar-refractivity contribution in [1.29, 1.82) is 0 Å². The minimum absolute atomic E-state index is 0.172. The molecule has 0 spiro atoms. The van der Waals surface area contributed by atoms with E-state index in [0.717, 1.165) is 25.1 Å². The molecule has 2 unspecified atom stereocenters. The molecule has 0 saturated carbocycles. The highest BCUT2D eigenvalue weighted by atomic mass is 35.5. The highest BCUT2D eigenvalue weighted by Gasteiger charge is 2.50. The van der Waals surface area contributed by atoms with Gasteiger partial charge in [-0.25, -0.2) is 4.98 Å². The number of β-lactam (4-membered cyclic amide) rings is 1. The Morgan fingerprint density at radius 3 is 2.77 bits per heavy atom. The molecule has 152 valence electrons. The summed E-state index contributed by atoms with van der Waals surface area (Å²) in [6.07, 6.45) is 0. The lowest BCUT2D eigenvalue weighted by molar-refractivity contribution is -0.123. The van der Waals surface area contributed by atoms with Gasteiger partial charge in [-0.05, 0) is 18.2 Å². The van der Waals surface area contributed by atoms with E-state index >= 15 is 0 Å². The van der Waals surface area contributed by atoms with Gasteiger partial charge >= 0.3 is 0 Å². The van der Waals surface area contributed by atoms with E-state index in [2.05, 4.69) is 21.2 Å². The minimum Gasteiger partial charge on any atom is -0.496 e. The van der Waals surface area contributed by atoms with Crippen LogP contribution in [0.4, 0.5) is 5.13 Å². The summed E-state index contributed by atoms with van der Waals surface area (Å²) in [4.78, 5) is 18.8. The van der Waals surface area contributed by atoms with E-state index in [4.69, 9.17) is 16.3 Å². The van der Waals surface area contributed by atoms with Crippen LogP contribution < -0.4 is 9.64 Å². The van der Waals surface area contributed by atoms with Gasteiger partial charge in [0.05, 0.1) is 29.1 Å². The van der Waals surface area contributed by atoms with E-state index in [1.807, 2.05) is 42.5 Å². The number of halogens is 1. The molecule has 6 nitrogen and oxygen atoms in total. The highest BCUT2D eigenvalue weighted by Crippen LogP contribution is 2.46. The van der Waals surface area contributed by atoms with Crippen molar-refractivity contribution in [3.05, 3.63) is 59.1 Å². The van der Waals surface area contributed by atoms with Crippen LogP contribution in [-0.2, 0) is 10.5 Å². The third-order valence-corrected chi connectivity index (χ3v) is 8.46. The Bertz CT molecular complexity index is 1190. The number of hydrogen-bond acceptors (Lipinski definition) is 8. The number of rotatable bonds is 6.